The van der Waals surface area contributed by atoms with Crippen LogP contribution in [0, 0.1) is 74.9 Å². The van der Waals surface area contributed by atoms with Crippen molar-refractivity contribution < 1.29 is 24.2 Å². The second kappa shape index (κ2) is 13.9. The van der Waals surface area contributed by atoms with Gasteiger partial charge in [-0.3, -0.25) is 19.3 Å². The highest BCUT2D eigenvalue weighted by molar-refractivity contribution is 6.00. The number of carboxylic acid groups (broad SMARTS) is 1. The first-order chi connectivity index (χ1) is 24.1. The van der Waals surface area contributed by atoms with Crippen molar-refractivity contribution in [1.82, 2.24) is 10.2 Å². The van der Waals surface area contributed by atoms with Gasteiger partial charge in [-0.15, -0.1) is 0 Å². The summed E-state index contributed by atoms with van der Waals surface area (Å²) in [5.41, 5.74) is 3.49. The van der Waals surface area contributed by atoms with Gasteiger partial charge in [0.15, 0.2) is 5.78 Å². The molecular formula is C44H70N2O5. The van der Waals surface area contributed by atoms with E-state index in [2.05, 4.69) is 51.8 Å². The summed E-state index contributed by atoms with van der Waals surface area (Å²) < 4.78 is 5.53. The molecular weight excluding hydrogens is 636 g/mol. The fourth-order valence-corrected chi connectivity index (χ4v) is 14.6. The minimum atomic E-state index is -0.743. The molecule has 6 fully saturated rings. The smallest absolute Gasteiger partial charge is 0.306 e. The number of ketones is 2. The fourth-order valence-electron chi connectivity index (χ4n) is 14.6. The largest absolute Gasteiger partial charge is 0.481 e. The summed E-state index contributed by atoms with van der Waals surface area (Å²) in [6.07, 6.45) is 12.7. The summed E-state index contributed by atoms with van der Waals surface area (Å²) >= 11 is 0. The standard InChI is InChI=1S/C44H70N2O5/c1-27(2)38-35(48)26-44(16-17-45-18-19-46-20-22-51-23-21-46)15-11-33-30(39(38)44)8-9-37-42(33,6)14-12-36-41(4,5)29(10-13-43(36,37)7)24-34(47)31-25-32(28(31)3)40(49)50/h27-33,36-37,45H,8-26H2,1-7H3,(H,49,50). The van der Waals surface area contributed by atoms with E-state index in [9.17, 15) is 19.5 Å². The number of hydrogen-bond acceptors (Lipinski definition) is 6. The van der Waals surface area contributed by atoms with Gasteiger partial charge in [-0.05, 0) is 134 Å². The van der Waals surface area contributed by atoms with Gasteiger partial charge >= 0.3 is 5.97 Å². The first kappa shape index (κ1) is 37.7. The molecule has 0 aromatic rings. The molecule has 2 N–H and O–H groups in total. The molecule has 7 nitrogen and oxygen atoms in total. The van der Waals surface area contributed by atoms with Crippen molar-refractivity contribution >= 4 is 17.5 Å². The number of aliphatic carboxylic acids is 1. The molecule has 11 unspecified atom stereocenters. The predicted octanol–water partition coefficient (Wildman–Crippen LogP) is 7.82. The molecule has 1 aliphatic heterocycles. The van der Waals surface area contributed by atoms with Gasteiger partial charge in [0.25, 0.3) is 0 Å². The zero-order valence-electron chi connectivity index (χ0n) is 33.2. The van der Waals surface area contributed by atoms with Crippen LogP contribution in [0.25, 0.3) is 0 Å². The maximum atomic E-state index is 13.9. The number of nitrogens with one attached hydrogen (secondary N) is 1. The highest BCUT2D eigenvalue weighted by Gasteiger charge is 2.66. The zero-order valence-corrected chi connectivity index (χ0v) is 33.2. The number of ether oxygens (including phenoxy) is 1. The molecule has 0 radical (unpaired) electrons. The Hall–Kier alpha value is -1.57. The van der Waals surface area contributed by atoms with Crippen molar-refractivity contribution in [2.24, 2.45) is 74.9 Å². The van der Waals surface area contributed by atoms with E-state index in [-0.39, 0.29) is 45.3 Å². The number of hydrogen-bond donors (Lipinski definition) is 2. The summed E-state index contributed by atoms with van der Waals surface area (Å²) in [6, 6.07) is 0. The summed E-state index contributed by atoms with van der Waals surface area (Å²) in [4.78, 5) is 41.6. The number of carbonyl (C=O) groups is 3. The van der Waals surface area contributed by atoms with Gasteiger partial charge in [0.05, 0.1) is 19.1 Å². The number of morpholine rings is 1. The van der Waals surface area contributed by atoms with E-state index in [0.29, 0.717) is 54.0 Å². The van der Waals surface area contributed by atoms with Crippen LogP contribution in [0.5, 0.6) is 0 Å². The Labute approximate surface area is 308 Å². The van der Waals surface area contributed by atoms with E-state index in [0.717, 1.165) is 71.6 Å². The zero-order chi connectivity index (χ0) is 36.5. The number of rotatable bonds is 11. The van der Waals surface area contributed by atoms with Crippen LogP contribution in [-0.2, 0) is 19.1 Å². The molecule has 7 aliphatic rings. The lowest BCUT2D eigenvalue weighted by molar-refractivity contribution is -0.193. The molecule has 6 aliphatic carbocycles. The van der Waals surface area contributed by atoms with Crippen LogP contribution in [0.15, 0.2) is 11.1 Å². The minimum absolute atomic E-state index is 0.0371. The number of nitrogens with zero attached hydrogens (tertiary/aromatic N) is 1. The van der Waals surface area contributed by atoms with E-state index < -0.39 is 5.97 Å². The molecule has 5 saturated carbocycles. The predicted molar refractivity (Wildman–Crippen MR) is 201 cm³/mol. The number of carbonyl (C=O) groups excluding carboxylic acids is 2. The van der Waals surface area contributed by atoms with Crippen molar-refractivity contribution in [3.05, 3.63) is 11.1 Å². The summed E-state index contributed by atoms with van der Waals surface area (Å²) in [7, 11) is 0. The quantitative estimate of drug-likeness (QED) is 0.212. The average molecular weight is 707 g/mol. The van der Waals surface area contributed by atoms with Crippen molar-refractivity contribution in [1.29, 1.82) is 0 Å². The highest BCUT2D eigenvalue weighted by atomic mass is 16.5. The Kier molecular flexibility index (Phi) is 10.3. The molecule has 11 atom stereocenters. The van der Waals surface area contributed by atoms with Crippen molar-refractivity contribution in [2.45, 2.75) is 126 Å². The molecule has 1 heterocycles. The Bertz CT molecular complexity index is 1400. The lowest BCUT2D eigenvalue weighted by atomic mass is 9.35. The molecule has 51 heavy (non-hydrogen) atoms. The average Bonchev–Trinajstić information content (AvgIpc) is 3.37. The van der Waals surface area contributed by atoms with E-state index >= 15 is 0 Å². The van der Waals surface area contributed by atoms with Gasteiger partial charge in [-0.25, -0.2) is 0 Å². The van der Waals surface area contributed by atoms with Crippen molar-refractivity contribution in [3.8, 4) is 0 Å². The van der Waals surface area contributed by atoms with Gasteiger partial charge < -0.3 is 15.2 Å². The van der Waals surface area contributed by atoms with Gasteiger partial charge in [-0.2, -0.15) is 0 Å². The first-order valence-corrected chi connectivity index (χ1v) is 21.2. The third kappa shape index (κ3) is 6.23. The van der Waals surface area contributed by atoms with Crippen LogP contribution in [0.2, 0.25) is 0 Å². The summed E-state index contributed by atoms with van der Waals surface area (Å²) in [6.45, 7) is 23.6. The lowest BCUT2D eigenvalue weighted by Crippen LogP contribution is -2.62. The minimum Gasteiger partial charge on any atom is -0.481 e. The van der Waals surface area contributed by atoms with Gasteiger partial charge in [-0.1, -0.05) is 54.0 Å². The highest BCUT2D eigenvalue weighted by Crippen LogP contribution is 2.74. The summed E-state index contributed by atoms with van der Waals surface area (Å²) in [5, 5.41) is 13.3. The van der Waals surface area contributed by atoms with Crippen LogP contribution in [-0.4, -0.2) is 73.5 Å². The van der Waals surface area contributed by atoms with E-state index in [4.69, 9.17) is 4.74 Å². The Morgan fingerprint density at radius 1 is 0.922 bits per heavy atom. The molecule has 0 aromatic heterocycles. The molecule has 0 amide bonds. The first-order valence-electron chi connectivity index (χ1n) is 21.2. The Morgan fingerprint density at radius 3 is 2.33 bits per heavy atom. The number of Topliss-reactive ketones (excluding diaryl/α,β-unsaturated/α-hetero) is 2. The number of allylic oxidation sites excluding steroid dienone is 2. The fraction of sp³-hybridized carbons (Fsp3) is 0.886. The second-order valence-electron chi connectivity index (χ2n) is 20.2. The van der Waals surface area contributed by atoms with Crippen molar-refractivity contribution in [3.63, 3.8) is 0 Å². The number of fused-ring (bicyclic) bond motifs is 7. The Balaban J connectivity index is 1.06. The van der Waals surface area contributed by atoms with Crippen LogP contribution < -0.4 is 5.32 Å². The Morgan fingerprint density at radius 2 is 1.65 bits per heavy atom. The summed E-state index contributed by atoms with van der Waals surface area (Å²) in [5.74, 6) is 2.69. The van der Waals surface area contributed by atoms with E-state index in [1.807, 2.05) is 6.92 Å². The van der Waals surface area contributed by atoms with Crippen LogP contribution >= 0.6 is 0 Å². The lowest BCUT2D eigenvalue weighted by Gasteiger charge is -2.69. The van der Waals surface area contributed by atoms with Crippen LogP contribution in [0.1, 0.15) is 126 Å². The second-order valence-corrected chi connectivity index (χ2v) is 20.2. The van der Waals surface area contributed by atoms with Gasteiger partial charge in [0.1, 0.15) is 5.78 Å². The van der Waals surface area contributed by atoms with Gasteiger partial charge in [0, 0.05) is 50.4 Å². The van der Waals surface area contributed by atoms with E-state index in [1.54, 1.807) is 5.57 Å². The molecule has 7 heteroatoms. The maximum Gasteiger partial charge on any atom is 0.306 e. The normalized spacial score (nSPS) is 43.6. The maximum absolute atomic E-state index is 13.9. The number of carboxylic acids is 1. The van der Waals surface area contributed by atoms with Crippen LogP contribution in [0.3, 0.4) is 0 Å². The third-order valence-corrected chi connectivity index (χ3v) is 17.4. The molecule has 1 saturated heterocycles. The van der Waals surface area contributed by atoms with Gasteiger partial charge in [0.2, 0.25) is 0 Å². The molecule has 0 spiro atoms. The molecule has 7 rings (SSSR count). The van der Waals surface area contributed by atoms with E-state index in [1.165, 1.54) is 44.1 Å². The van der Waals surface area contributed by atoms with Crippen LogP contribution in [0.4, 0.5) is 0 Å². The SMILES string of the molecule is CC(C)C1=C2C3CCC4C(C)(CCC5C(C)(C)C(CC(=O)C6CC(C(=O)O)C6C)CCC54C)C3CCC2(CCNCCN2CCOCC2)CC1=O. The molecule has 0 aromatic carbocycles. The molecule has 286 valence electrons. The van der Waals surface area contributed by atoms with Crippen molar-refractivity contribution in [2.75, 3.05) is 45.9 Å². The topological polar surface area (TPSA) is 95.9 Å². The monoisotopic (exact) mass is 707 g/mol. The molecule has 0 bridgehead atoms. The third-order valence-electron chi connectivity index (χ3n) is 17.4.